The number of aryl methyl sites for hydroxylation is 1. The summed E-state index contributed by atoms with van der Waals surface area (Å²) in [5.74, 6) is 0. The maximum absolute atomic E-state index is 3.40. The molecular formula is C13H22N2S. The number of hydrogen-bond donors (Lipinski definition) is 1. The van der Waals surface area contributed by atoms with E-state index in [-0.39, 0.29) is 0 Å². The highest BCUT2D eigenvalue weighted by molar-refractivity contribution is 7.10. The summed E-state index contributed by atoms with van der Waals surface area (Å²) in [5.41, 5.74) is 1.45. The molecule has 1 aromatic rings. The molecule has 0 aromatic carbocycles. The first-order chi connectivity index (χ1) is 7.70. The van der Waals surface area contributed by atoms with E-state index in [0.717, 1.165) is 12.6 Å². The maximum Gasteiger partial charge on any atom is 0.0333 e. The van der Waals surface area contributed by atoms with E-state index in [1.807, 2.05) is 11.3 Å². The summed E-state index contributed by atoms with van der Waals surface area (Å²) in [4.78, 5) is 4.15. The minimum absolute atomic E-state index is 0.702. The van der Waals surface area contributed by atoms with Crippen molar-refractivity contribution >= 4 is 11.3 Å². The van der Waals surface area contributed by atoms with E-state index < -0.39 is 0 Å². The minimum Gasteiger partial charge on any atom is -0.317 e. The molecule has 0 bridgehead atoms. The molecule has 0 spiro atoms. The molecule has 0 aliphatic carbocycles. The largest absolute Gasteiger partial charge is 0.317 e. The zero-order valence-electron chi connectivity index (χ0n) is 10.5. The smallest absolute Gasteiger partial charge is 0.0333 e. The average Bonchev–Trinajstić information content (AvgIpc) is 2.67. The number of nitrogens with one attached hydrogen (secondary N) is 1. The number of likely N-dealkylation sites (tertiary alicyclic amines) is 1. The van der Waals surface area contributed by atoms with Crippen molar-refractivity contribution in [3.05, 3.63) is 21.9 Å². The quantitative estimate of drug-likeness (QED) is 0.871. The van der Waals surface area contributed by atoms with Gasteiger partial charge in [-0.25, -0.2) is 0 Å². The van der Waals surface area contributed by atoms with Crippen LogP contribution in [-0.4, -0.2) is 30.6 Å². The van der Waals surface area contributed by atoms with Crippen molar-refractivity contribution in [1.29, 1.82) is 0 Å². The van der Waals surface area contributed by atoms with Crippen LogP contribution in [0.1, 0.15) is 30.2 Å². The third kappa shape index (κ3) is 2.65. The number of piperidine rings is 1. The topological polar surface area (TPSA) is 15.3 Å². The summed E-state index contributed by atoms with van der Waals surface area (Å²) in [6, 6.07) is 3.65. The first-order valence-corrected chi connectivity index (χ1v) is 7.03. The fourth-order valence-electron chi connectivity index (χ4n) is 2.47. The van der Waals surface area contributed by atoms with Crippen molar-refractivity contribution in [2.75, 3.05) is 13.6 Å². The van der Waals surface area contributed by atoms with Crippen molar-refractivity contribution in [3.63, 3.8) is 0 Å². The normalized spacial score (nSPS) is 27.2. The van der Waals surface area contributed by atoms with Crippen LogP contribution in [0.4, 0.5) is 0 Å². The van der Waals surface area contributed by atoms with Crippen LogP contribution in [0.3, 0.4) is 0 Å². The van der Waals surface area contributed by atoms with Crippen LogP contribution in [0.2, 0.25) is 0 Å². The number of rotatable bonds is 3. The number of hydrogen-bond acceptors (Lipinski definition) is 3. The molecule has 2 atom stereocenters. The molecule has 1 N–H and O–H groups in total. The molecule has 2 heterocycles. The van der Waals surface area contributed by atoms with Crippen LogP contribution in [0.5, 0.6) is 0 Å². The predicted molar refractivity (Wildman–Crippen MR) is 71.0 cm³/mol. The highest BCUT2D eigenvalue weighted by Gasteiger charge is 2.24. The van der Waals surface area contributed by atoms with Crippen LogP contribution >= 0.6 is 11.3 Å². The summed E-state index contributed by atoms with van der Waals surface area (Å²) >= 11 is 1.89. The van der Waals surface area contributed by atoms with Gasteiger partial charge in [0.1, 0.15) is 0 Å². The lowest BCUT2D eigenvalue weighted by atomic mass is 9.98. The monoisotopic (exact) mass is 238 g/mol. The van der Waals surface area contributed by atoms with Crippen LogP contribution in [0.15, 0.2) is 11.4 Å². The number of nitrogens with zero attached hydrogens (tertiary/aromatic N) is 1. The molecule has 16 heavy (non-hydrogen) atoms. The molecule has 3 heteroatoms. The Kier molecular flexibility index (Phi) is 4.00. The zero-order valence-corrected chi connectivity index (χ0v) is 11.3. The van der Waals surface area contributed by atoms with Crippen LogP contribution < -0.4 is 5.32 Å². The molecule has 0 radical (unpaired) electrons. The van der Waals surface area contributed by atoms with Crippen molar-refractivity contribution in [1.82, 2.24) is 10.2 Å². The van der Waals surface area contributed by atoms with Crippen molar-refractivity contribution in [2.24, 2.45) is 0 Å². The third-order valence-electron chi connectivity index (χ3n) is 3.74. The second kappa shape index (κ2) is 5.30. The third-order valence-corrected chi connectivity index (χ3v) is 4.74. The summed E-state index contributed by atoms with van der Waals surface area (Å²) in [6.07, 6.45) is 2.56. The van der Waals surface area contributed by atoms with Gasteiger partial charge in [-0.1, -0.05) is 0 Å². The zero-order chi connectivity index (χ0) is 11.5. The molecule has 0 saturated carbocycles. The lowest BCUT2D eigenvalue weighted by molar-refractivity contribution is 0.132. The second-order valence-corrected chi connectivity index (χ2v) is 5.86. The van der Waals surface area contributed by atoms with Crippen LogP contribution in [0, 0.1) is 6.92 Å². The molecule has 2 nitrogen and oxygen atoms in total. The fourth-order valence-corrected chi connectivity index (χ4v) is 3.40. The van der Waals surface area contributed by atoms with Crippen LogP contribution in [0.25, 0.3) is 0 Å². The Morgan fingerprint density at radius 1 is 1.56 bits per heavy atom. The standard InChI is InChI=1S/C13H22N2S/c1-10-5-7-16-13(10)9-15-6-4-12(14-3)8-11(15)2/h5,7,11-12,14H,4,6,8-9H2,1-3H3. The Morgan fingerprint density at radius 3 is 2.94 bits per heavy atom. The molecule has 2 unspecified atom stereocenters. The van der Waals surface area contributed by atoms with Gasteiger partial charge in [0.15, 0.2) is 0 Å². The molecule has 1 aliphatic heterocycles. The molecule has 0 amide bonds. The summed E-state index contributed by atoms with van der Waals surface area (Å²) in [7, 11) is 2.08. The van der Waals surface area contributed by atoms with Gasteiger partial charge >= 0.3 is 0 Å². The predicted octanol–water partition coefficient (Wildman–Crippen LogP) is 2.63. The van der Waals surface area contributed by atoms with E-state index in [1.54, 1.807) is 0 Å². The van der Waals surface area contributed by atoms with Gasteiger partial charge in [0.05, 0.1) is 0 Å². The van der Waals surface area contributed by atoms with E-state index in [2.05, 4.69) is 42.6 Å². The van der Waals surface area contributed by atoms with Gasteiger partial charge in [-0.2, -0.15) is 0 Å². The summed E-state index contributed by atoms with van der Waals surface area (Å²) in [5, 5.41) is 5.61. The Hall–Kier alpha value is -0.380. The SMILES string of the molecule is CNC1CCN(Cc2sccc2C)C(C)C1. The van der Waals surface area contributed by atoms with Gasteiger partial charge in [0.25, 0.3) is 0 Å². The highest BCUT2D eigenvalue weighted by Crippen LogP contribution is 2.23. The molecule has 1 saturated heterocycles. The lowest BCUT2D eigenvalue weighted by Crippen LogP contribution is -2.45. The first-order valence-electron chi connectivity index (χ1n) is 6.15. The average molecular weight is 238 g/mol. The lowest BCUT2D eigenvalue weighted by Gasteiger charge is -2.37. The Morgan fingerprint density at radius 2 is 2.38 bits per heavy atom. The van der Waals surface area contributed by atoms with E-state index >= 15 is 0 Å². The summed E-state index contributed by atoms with van der Waals surface area (Å²) in [6.45, 7) is 6.94. The van der Waals surface area contributed by atoms with E-state index in [4.69, 9.17) is 0 Å². The highest BCUT2D eigenvalue weighted by atomic mass is 32.1. The Bertz CT molecular complexity index is 334. The van der Waals surface area contributed by atoms with Crippen molar-refractivity contribution in [3.8, 4) is 0 Å². The molecule has 90 valence electrons. The Balaban J connectivity index is 1.94. The molecular weight excluding hydrogens is 216 g/mol. The molecule has 1 aromatic heterocycles. The Labute approximate surface area is 103 Å². The van der Waals surface area contributed by atoms with E-state index in [0.29, 0.717) is 6.04 Å². The van der Waals surface area contributed by atoms with E-state index in [9.17, 15) is 0 Å². The number of thiophene rings is 1. The molecule has 1 aliphatic rings. The van der Waals surface area contributed by atoms with Gasteiger partial charge in [0.2, 0.25) is 0 Å². The molecule has 1 fully saturated rings. The van der Waals surface area contributed by atoms with Crippen LogP contribution in [-0.2, 0) is 6.54 Å². The van der Waals surface area contributed by atoms with Gasteiger partial charge in [-0.05, 0) is 50.7 Å². The van der Waals surface area contributed by atoms with Crippen molar-refractivity contribution < 1.29 is 0 Å². The fraction of sp³-hybridized carbons (Fsp3) is 0.692. The van der Waals surface area contributed by atoms with Gasteiger partial charge in [-0.3, -0.25) is 4.90 Å². The second-order valence-electron chi connectivity index (χ2n) is 4.86. The van der Waals surface area contributed by atoms with Gasteiger partial charge in [0, 0.05) is 30.1 Å². The van der Waals surface area contributed by atoms with E-state index in [1.165, 1.54) is 29.8 Å². The van der Waals surface area contributed by atoms with Gasteiger partial charge in [-0.15, -0.1) is 11.3 Å². The maximum atomic E-state index is 3.40. The minimum atomic E-state index is 0.702. The van der Waals surface area contributed by atoms with Crippen molar-refractivity contribution in [2.45, 2.75) is 45.3 Å². The molecule has 2 rings (SSSR count). The first kappa shape index (κ1) is 12.1. The summed E-state index contributed by atoms with van der Waals surface area (Å²) < 4.78 is 0. The van der Waals surface area contributed by atoms with Gasteiger partial charge < -0.3 is 5.32 Å².